The molecule has 2 heterocycles. The Labute approximate surface area is 191 Å². The van der Waals surface area contributed by atoms with Gasteiger partial charge in [0.2, 0.25) is 0 Å². The van der Waals surface area contributed by atoms with E-state index in [4.69, 9.17) is 11.6 Å². The molecular weight excluding hydrogens is 422 g/mol. The van der Waals surface area contributed by atoms with Gasteiger partial charge in [-0.25, -0.2) is 0 Å². The van der Waals surface area contributed by atoms with Crippen molar-refractivity contribution in [3.05, 3.63) is 117 Å². The predicted octanol–water partition coefficient (Wildman–Crippen LogP) is 5.48. The minimum absolute atomic E-state index is 0.0515. The summed E-state index contributed by atoms with van der Waals surface area (Å²) >= 11 is 6.22. The number of carbonyl (C=O) groups is 1. The van der Waals surface area contributed by atoms with Crippen LogP contribution in [-0.2, 0) is 6.54 Å². The minimum Gasteiger partial charge on any atom is -0.340 e. The van der Waals surface area contributed by atoms with Crippen molar-refractivity contribution in [2.24, 2.45) is 0 Å². The highest BCUT2D eigenvalue weighted by molar-refractivity contribution is 6.34. The fourth-order valence-electron chi connectivity index (χ4n) is 3.62. The number of amides is 1. The first-order valence-corrected chi connectivity index (χ1v) is 10.6. The van der Waals surface area contributed by atoms with Gasteiger partial charge in [0.05, 0.1) is 16.4 Å². The number of nitrogens with one attached hydrogen (secondary N) is 1. The molecule has 0 bridgehead atoms. The van der Waals surface area contributed by atoms with Gasteiger partial charge in [-0.05, 0) is 43.7 Å². The molecule has 4 aromatic rings. The maximum absolute atomic E-state index is 13.3. The van der Waals surface area contributed by atoms with Crippen LogP contribution < -0.4 is 10.7 Å². The Hall–Kier alpha value is -3.70. The van der Waals surface area contributed by atoms with Gasteiger partial charge < -0.3 is 9.88 Å². The molecule has 0 radical (unpaired) electrons. The van der Waals surface area contributed by atoms with Gasteiger partial charge >= 0.3 is 0 Å². The third-order valence-electron chi connectivity index (χ3n) is 5.26. The molecule has 32 heavy (non-hydrogen) atoms. The van der Waals surface area contributed by atoms with Crippen LogP contribution in [0.25, 0.3) is 11.3 Å². The largest absolute Gasteiger partial charge is 0.340 e. The van der Waals surface area contributed by atoms with Crippen LogP contribution in [0.3, 0.4) is 0 Å². The summed E-state index contributed by atoms with van der Waals surface area (Å²) in [6.45, 7) is 4.40. The molecule has 5 nitrogen and oxygen atoms in total. The van der Waals surface area contributed by atoms with E-state index in [9.17, 15) is 9.59 Å². The van der Waals surface area contributed by atoms with Crippen LogP contribution in [0.5, 0.6) is 0 Å². The van der Waals surface area contributed by atoms with E-state index in [1.54, 1.807) is 42.7 Å². The Balaban J connectivity index is 1.89. The van der Waals surface area contributed by atoms with Crippen molar-refractivity contribution in [1.82, 2.24) is 9.55 Å². The zero-order valence-corrected chi connectivity index (χ0v) is 18.6. The number of aryl methyl sites for hydroxylation is 2. The van der Waals surface area contributed by atoms with E-state index in [0.717, 1.165) is 16.8 Å². The van der Waals surface area contributed by atoms with Gasteiger partial charge in [-0.3, -0.25) is 14.6 Å². The average molecular weight is 444 g/mol. The third-order valence-corrected chi connectivity index (χ3v) is 5.59. The Morgan fingerprint density at radius 3 is 2.47 bits per heavy atom. The number of pyridine rings is 2. The molecule has 0 aliphatic heterocycles. The molecule has 0 saturated heterocycles. The second-order valence-corrected chi connectivity index (χ2v) is 8.03. The van der Waals surface area contributed by atoms with E-state index >= 15 is 0 Å². The number of hydrogen-bond acceptors (Lipinski definition) is 3. The predicted molar refractivity (Wildman–Crippen MR) is 128 cm³/mol. The van der Waals surface area contributed by atoms with E-state index in [0.29, 0.717) is 28.5 Å². The molecule has 1 amide bonds. The van der Waals surface area contributed by atoms with Crippen molar-refractivity contribution in [1.29, 1.82) is 0 Å². The second kappa shape index (κ2) is 9.20. The van der Waals surface area contributed by atoms with Crippen LogP contribution in [-0.4, -0.2) is 15.5 Å². The molecule has 0 aliphatic carbocycles. The van der Waals surface area contributed by atoms with E-state index < -0.39 is 5.91 Å². The fourth-order valence-corrected chi connectivity index (χ4v) is 3.80. The molecule has 2 aromatic heterocycles. The molecule has 0 unspecified atom stereocenters. The first kappa shape index (κ1) is 21.5. The third kappa shape index (κ3) is 4.48. The summed E-state index contributed by atoms with van der Waals surface area (Å²) in [7, 11) is 0. The highest BCUT2D eigenvalue weighted by atomic mass is 35.5. The van der Waals surface area contributed by atoms with Crippen molar-refractivity contribution in [3.8, 4) is 11.3 Å². The van der Waals surface area contributed by atoms with Crippen molar-refractivity contribution in [2.45, 2.75) is 20.4 Å². The second-order valence-electron chi connectivity index (χ2n) is 7.62. The van der Waals surface area contributed by atoms with Crippen molar-refractivity contribution >= 4 is 23.2 Å². The zero-order valence-electron chi connectivity index (χ0n) is 17.8. The van der Waals surface area contributed by atoms with Crippen LogP contribution in [0.15, 0.2) is 83.9 Å². The quantitative estimate of drug-likeness (QED) is 0.444. The first-order valence-electron chi connectivity index (χ1n) is 10.2. The van der Waals surface area contributed by atoms with Crippen molar-refractivity contribution < 1.29 is 4.79 Å². The van der Waals surface area contributed by atoms with Crippen LogP contribution in [0.1, 0.15) is 27.2 Å². The summed E-state index contributed by atoms with van der Waals surface area (Å²) in [6.07, 6.45) is 3.32. The lowest BCUT2D eigenvalue weighted by molar-refractivity contribution is 0.102. The van der Waals surface area contributed by atoms with Gasteiger partial charge in [-0.15, -0.1) is 0 Å². The van der Waals surface area contributed by atoms with E-state index in [-0.39, 0.29) is 11.0 Å². The maximum Gasteiger partial charge on any atom is 0.261 e. The summed E-state index contributed by atoms with van der Waals surface area (Å²) in [5, 5.41) is 3.19. The number of anilines is 1. The topological polar surface area (TPSA) is 64.0 Å². The molecule has 6 heteroatoms. The highest BCUT2D eigenvalue weighted by Gasteiger charge is 2.22. The molecule has 0 fully saturated rings. The highest BCUT2D eigenvalue weighted by Crippen LogP contribution is 2.26. The van der Waals surface area contributed by atoms with E-state index in [1.807, 2.05) is 48.7 Å². The number of carbonyl (C=O) groups excluding carboxylic acids is 1. The summed E-state index contributed by atoms with van der Waals surface area (Å²) in [4.78, 5) is 30.6. The average Bonchev–Trinajstić information content (AvgIpc) is 2.78. The minimum atomic E-state index is -0.514. The number of hydrogen-bond donors (Lipinski definition) is 1. The number of aromatic nitrogens is 2. The Kier molecular flexibility index (Phi) is 6.19. The number of rotatable bonds is 5. The summed E-state index contributed by atoms with van der Waals surface area (Å²) in [5.41, 5.74) is 4.33. The van der Waals surface area contributed by atoms with Crippen molar-refractivity contribution in [3.63, 3.8) is 0 Å². The maximum atomic E-state index is 13.3. The standard InChI is InChI=1S/C26H22ClN3O2/c1-17-9-11-19(12-10-17)16-30-18(2)14-23(31)24(25(30)20-6-5-13-28-15-20)26(32)29-22-8-4-3-7-21(22)27/h3-15H,16H2,1-2H3,(H,29,32). The molecule has 160 valence electrons. The molecule has 2 aromatic carbocycles. The molecule has 0 saturated carbocycles. The zero-order chi connectivity index (χ0) is 22.7. The Bertz CT molecular complexity index is 1330. The van der Waals surface area contributed by atoms with Crippen LogP contribution in [0, 0.1) is 13.8 Å². The molecule has 0 atom stereocenters. The van der Waals surface area contributed by atoms with Gasteiger partial charge in [0.1, 0.15) is 5.56 Å². The smallest absolute Gasteiger partial charge is 0.261 e. The number of nitrogens with zero attached hydrogens (tertiary/aromatic N) is 2. The normalized spacial score (nSPS) is 10.7. The summed E-state index contributed by atoms with van der Waals surface area (Å²) < 4.78 is 1.98. The van der Waals surface area contributed by atoms with Gasteiger partial charge in [-0.1, -0.05) is 53.6 Å². The molecular formula is C26H22ClN3O2. The number of benzene rings is 2. The van der Waals surface area contributed by atoms with Crippen LogP contribution in [0.4, 0.5) is 5.69 Å². The van der Waals surface area contributed by atoms with Gasteiger partial charge in [0.15, 0.2) is 5.43 Å². The molecule has 0 aliphatic rings. The van der Waals surface area contributed by atoms with Gasteiger partial charge in [0.25, 0.3) is 5.91 Å². The van der Waals surface area contributed by atoms with Gasteiger partial charge in [-0.2, -0.15) is 0 Å². The van der Waals surface area contributed by atoms with E-state index in [1.165, 1.54) is 6.07 Å². The lowest BCUT2D eigenvalue weighted by Gasteiger charge is -2.20. The Morgan fingerprint density at radius 2 is 1.78 bits per heavy atom. The first-order chi connectivity index (χ1) is 15.4. The van der Waals surface area contributed by atoms with Crippen LogP contribution in [0.2, 0.25) is 5.02 Å². The van der Waals surface area contributed by atoms with E-state index in [2.05, 4.69) is 10.3 Å². The molecule has 4 rings (SSSR count). The summed E-state index contributed by atoms with van der Waals surface area (Å²) in [6, 6.07) is 20.2. The lowest BCUT2D eigenvalue weighted by atomic mass is 10.0. The monoisotopic (exact) mass is 443 g/mol. The van der Waals surface area contributed by atoms with Gasteiger partial charge in [0, 0.05) is 36.3 Å². The fraction of sp³-hybridized carbons (Fsp3) is 0.115. The SMILES string of the molecule is Cc1ccc(Cn2c(C)cc(=O)c(C(=O)Nc3ccccc3Cl)c2-c2cccnc2)cc1. The lowest BCUT2D eigenvalue weighted by Crippen LogP contribution is -2.27. The summed E-state index contributed by atoms with van der Waals surface area (Å²) in [5.74, 6) is -0.514. The molecule has 1 N–H and O–H groups in total. The Morgan fingerprint density at radius 1 is 1.03 bits per heavy atom. The number of halogens is 1. The van der Waals surface area contributed by atoms with Crippen molar-refractivity contribution in [2.75, 3.05) is 5.32 Å². The molecule has 0 spiro atoms. The number of para-hydroxylation sites is 1. The van der Waals surface area contributed by atoms with Crippen LogP contribution >= 0.6 is 11.6 Å².